The van der Waals surface area contributed by atoms with E-state index in [-0.39, 0.29) is 0 Å². The van der Waals surface area contributed by atoms with E-state index in [0.29, 0.717) is 0 Å². The van der Waals surface area contributed by atoms with Crippen molar-refractivity contribution in [1.82, 2.24) is 9.38 Å². The number of benzene rings is 1. The quantitative estimate of drug-likeness (QED) is 0.793. The second-order valence-electron chi connectivity index (χ2n) is 5.90. The fraction of sp³-hybridized carbons (Fsp3) is 0.316. The molecule has 1 atom stereocenters. The highest BCUT2D eigenvalue weighted by Gasteiger charge is 2.16. The summed E-state index contributed by atoms with van der Waals surface area (Å²) < 4.78 is 1.99. The zero-order chi connectivity index (χ0) is 15.7. The molecule has 1 N–H and O–H groups in total. The largest absolute Gasteiger partial charge is 0.387 e. The molecule has 0 fully saturated rings. The summed E-state index contributed by atoms with van der Waals surface area (Å²) in [6, 6.07) is 12.7. The minimum Gasteiger partial charge on any atom is -0.387 e. The Bertz CT molecular complexity index is 785. The number of fused-ring (bicyclic) bond motifs is 1. The molecule has 0 bridgehead atoms. The monoisotopic (exact) mass is 294 g/mol. The first kappa shape index (κ1) is 14.8. The molecule has 3 nitrogen and oxygen atoms in total. The third-order valence-corrected chi connectivity index (χ3v) is 4.09. The van der Waals surface area contributed by atoms with Gasteiger partial charge in [0.15, 0.2) is 0 Å². The van der Waals surface area contributed by atoms with Crippen molar-refractivity contribution in [2.24, 2.45) is 0 Å². The Morgan fingerprint density at radius 2 is 1.82 bits per heavy atom. The number of hydrogen-bond donors (Lipinski definition) is 1. The molecule has 0 aliphatic heterocycles. The van der Waals surface area contributed by atoms with Crippen LogP contribution in [-0.4, -0.2) is 14.5 Å². The summed E-state index contributed by atoms with van der Waals surface area (Å²) in [5.41, 5.74) is 6.47. The highest BCUT2D eigenvalue weighted by molar-refractivity contribution is 5.47. The first-order valence-electron chi connectivity index (χ1n) is 7.82. The molecule has 0 aliphatic carbocycles. The van der Waals surface area contributed by atoms with Crippen LogP contribution in [0.3, 0.4) is 0 Å². The van der Waals surface area contributed by atoms with E-state index in [2.05, 4.69) is 44.2 Å². The molecule has 22 heavy (non-hydrogen) atoms. The van der Waals surface area contributed by atoms with Crippen LogP contribution in [0.15, 0.2) is 42.6 Å². The van der Waals surface area contributed by atoms with E-state index in [4.69, 9.17) is 4.98 Å². The highest BCUT2D eigenvalue weighted by atomic mass is 16.3. The molecule has 2 aromatic heterocycles. The number of aliphatic hydroxyl groups is 1. The molecule has 0 saturated heterocycles. The van der Waals surface area contributed by atoms with Crippen molar-refractivity contribution in [2.45, 2.75) is 39.7 Å². The lowest BCUT2D eigenvalue weighted by molar-refractivity contribution is 0.192. The highest BCUT2D eigenvalue weighted by Crippen LogP contribution is 2.23. The minimum atomic E-state index is -0.539. The van der Waals surface area contributed by atoms with Gasteiger partial charge in [0.1, 0.15) is 5.65 Å². The van der Waals surface area contributed by atoms with Crippen LogP contribution in [0.5, 0.6) is 0 Å². The lowest BCUT2D eigenvalue weighted by Crippen LogP contribution is -2.02. The number of nitrogens with zero attached hydrogens (tertiary/aromatic N) is 2. The van der Waals surface area contributed by atoms with E-state index in [1.54, 1.807) is 6.92 Å². The summed E-state index contributed by atoms with van der Waals surface area (Å²) in [5.74, 6) is 0. The van der Waals surface area contributed by atoms with Crippen molar-refractivity contribution in [2.75, 3.05) is 0 Å². The van der Waals surface area contributed by atoms with Crippen LogP contribution in [0, 0.1) is 6.92 Å². The maximum absolute atomic E-state index is 10.2. The van der Waals surface area contributed by atoms with Crippen LogP contribution < -0.4 is 0 Å². The van der Waals surface area contributed by atoms with E-state index in [1.165, 1.54) is 16.7 Å². The zero-order valence-electron chi connectivity index (χ0n) is 13.4. The first-order chi connectivity index (χ1) is 10.6. The van der Waals surface area contributed by atoms with E-state index >= 15 is 0 Å². The number of pyridine rings is 1. The maximum Gasteiger partial charge on any atom is 0.137 e. The van der Waals surface area contributed by atoms with Gasteiger partial charge in [-0.05, 0) is 49.1 Å². The third-order valence-electron chi connectivity index (χ3n) is 4.09. The summed E-state index contributed by atoms with van der Waals surface area (Å²) >= 11 is 0. The molecule has 3 aromatic rings. The lowest BCUT2D eigenvalue weighted by atomic mass is 10.0. The number of aliphatic hydroxyl groups excluding tert-OH is 1. The number of rotatable bonds is 4. The molecule has 0 radical (unpaired) electrons. The topological polar surface area (TPSA) is 37.5 Å². The van der Waals surface area contributed by atoms with Crippen molar-refractivity contribution in [1.29, 1.82) is 0 Å². The predicted molar refractivity (Wildman–Crippen MR) is 89.2 cm³/mol. The Morgan fingerprint density at radius 1 is 1.14 bits per heavy atom. The van der Waals surface area contributed by atoms with Crippen LogP contribution in [-0.2, 0) is 12.8 Å². The lowest BCUT2D eigenvalue weighted by Gasteiger charge is -2.08. The fourth-order valence-corrected chi connectivity index (χ4v) is 2.87. The normalized spacial score (nSPS) is 12.7. The third kappa shape index (κ3) is 2.77. The molecular formula is C19H22N2O. The second kappa shape index (κ2) is 5.93. The maximum atomic E-state index is 10.2. The van der Waals surface area contributed by atoms with Gasteiger partial charge in [-0.25, -0.2) is 4.98 Å². The van der Waals surface area contributed by atoms with Crippen LogP contribution in [0.2, 0.25) is 0 Å². The molecule has 3 rings (SSSR count). The Labute approximate surface area is 131 Å². The molecular weight excluding hydrogens is 272 g/mol. The van der Waals surface area contributed by atoms with Gasteiger partial charge in [0.05, 0.1) is 17.5 Å². The Kier molecular flexibility index (Phi) is 3.99. The molecule has 3 heteroatoms. The summed E-state index contributed by atoms with van der Waals surface area (Å²) in [6.07, 6.45) is 3.24. The van der Waals surface area contributed by atoms with Crippen LogP contribution in [0.25, 0.3) is 5.65 Å². The van der Waals surface area contributed by atoms with E-state index in [9.17, 15) is 5.11 Å². The predicted octanol–water partition coefficient (Wildman–Crippen LogP) is 3.85. The summed E-state index contributed by atoms with van der Waals surface area (Å²) in [5, 5.41) is 10.2. The number of aromatic nitrogens is 2. The average Bonchev–Trinajstić information content (AvgIpc) is 2.85. The fourth-order valence-electron chi connectivity index (χ4n) is 2.87. The van der Waals surface area contributed by atoms with Crippen LogP contribution >= 0.6 is 0 Å². The van der Waals surface area contributed by atoms with E-state index in [0.717, 1.165) is 29.9 Å². The van der Waals surface area contributed by atoms with Gasteiger partial charge >= 0.3 is 0 Å². The molecule has 0 amide bonds. The van der Waals surface area contributed by atoms with Gasteiger partial charge in [-0.1, -0.05) is 31.2 Å². The first-order valence-corrected chi connectivity index (χ1v) is 7.82. The van der Waals surface area contributed by atoms with Gasteiger partial charge in [-0.2, -0.15) is 0 Å². The summed E-state index contributed by atoms with van der Waals surface area (Å²) in [4.78, 5) is 4.74. The van der Waals surface area contributed by atoms with Crippen molar-refractivity contribution in [3.63, 3.8) is 0 Å². The van der Waals surface area contributed by atoms with Crippen molar-refractivity contribution < 1.29 is 5.11 Å². The Balaban J connectivity index is 2.03. The van der Waals surface area contributed by atoms with Gasteiger partial charge < -0.3 is 9.51 Å². The molecule has 114 valence electrons. The number of imidazole rings is 1. The molecule has 1 aromatic carbocycles. The van der Waals surface area contributed by atoms with Crippen molar-refractivity contribution in [3.05, 3.63) is 70.7 Å². The summed E-state index contributed by atoms with van der Waals surface area (Å²) in [6.45, 7) is 6.01. The zero-order valence-corrected chi connectivity index (χ0v) is 13.4. The van der Waals surface area contributed by atoms with Gasteiger partial charge in [-0.3, -0.25) is 0 Å². The van der Waals surface area contributed by atoms with Gasteiger partial charge in [0, 0.05) is 12.6 Å². The number of hydrogen-bond acceptors (Lipinski definition) is 2. The van der Waals surface area contributed by atoms with Gasteiger partial charge in [0.2, 0.25) is 0 Å². The van der Waals surface area contributed by atoms with Crippen LogP contribution in [0.1, 0.15) is 48.0 Å². The molecule has 0 aliphatic rings. The Morgan fingerprint density at radius 3 is 2.45 bits per heavy atom. The van der Waals surface area contributed by atoms with Crippen LogP contribution in [0.4, 0.5) is 0 Å². The molecule has 2 heterocycles. The number of aryl methyl sites for hydroxylation is 2. The van der Waals surface area contributed by atoms with Crippen molar-refractivity contribution >= 4 is 5.65 Å². The average molecular weight is 294 g/mol. The smallest absolute Gasteiger partial charge is 0.137 e. The Hall–Kier alpha value is -2.13. The molecule has 1 unspecified atom stereocenters. The SMILES string of the molecule is CCc1ccc(Cc2nc3cc(C)ccn3c2C(C)O)cc1. The molecule has 0 saturated carbocycles. The summed E-state index contributed by atoms with van der Waals surface area (Å²) in [7, 11) is 0. The molecule has 0 spiro atoms. The van der Waals surface area contributed by atoms with Gasteiger partial charge in [0.25, 0.3) is 0 Å². The van der Waals surface area contributed by atoms with E-state index < -0.39 is 6.10 Å². The van der Waals surface area contributed by atoms with E-state index in [1.807, 2.05) is 16.7 Å². The minimum absolute atomic E-state index is 0.539. The van der Waals surface area contributed by atoms with Crippen molar-refractivity contribution in [3.8, 4) is 0 Å². The van der Waals surface area contributed by atoms with Gasteiger partial charge in [-0.15, -0.1) is 0 Å². The standard InChI is InChI=1S/C19H22N2O/c1-4-15-5-7-16(8-6-15)12-17-19(14(3)22)21-10-9-13(2)11-18(21)20-17/h5-11,14,22H,4,12H2,1-3H3. The second-order valence-corrected chi connectivity index (χ2v) is 5.90.